The molecular weight excluding hydrogens is 300 g/mol. The molecule has 0 fully saturated rings. The summed E-state index contributed by atoms with van der Waals surface area (Å²) in [6.45, 7) is 5.65. The van der Waals surface area contributed by atoms with E-state index in [1.54, 1.807) is 0 Å². The number of carbonyl (C=O) groups is 1. The zero-order valence-electron chi connectivity index (χ0n) is 14.2. The zero-order valence-corrected chi connectivity index (χ0v) is 14.2. The fourth-order valence-corrected chi connectivity index (χ4v) is 2.33. The summed E-state index contributed by atoms with van der Waals surface area (Å²) < 4.78 is 0. The van der Waals surface area contributed by atoms with Gasteiger partial charge in [0.2, 0.25) is 5.91 Å². The Morgan fingerprint density at radius 1 is 1.17 bits per heavy atom. The third-order valence-electron chi connectivity index (χ3n) is 3.39. The molecule has 1 heterocycles. The molecule has 1 aliphatic heterocycles. The molecule has 0 unspecified atom stereocenters. The Labute approximate surface area is 138 Å². The van der Waals surface area contributed by atoms with Gasteiger partial charge in [0.15, 0.2) is 0 Å². The van der Waals surface area contributed by atoms with Crippen LogP contribution >= 0.6 is 0 Å². The van der Waals surface area contributed by atoms with Crippen molar-refractivity contribution >= 4 is 5.91 Å². The van der Waals surface area contributed by atoms with E-state index in [9.17, 15) is 4.79 Å². The highest BCUT2D eigenvalue weighted by Crippen LogP contribution is 2.10. The quantitative estimate of drug-likeness (QED) is 0.363. The van der Waals surface area contributed by atoms with Crippen LogP contribution in [0.4, 0.5) is 0 Å². The minimum absolute atomic E-state index is 0.0152. The Hall–Kier alpha value is -1.99. The van der Waals surface area contributed by atoms with Crippen LogP contribution in [0.15, 0.2) is 12.4 Å². The predicted octanol–water partition coefficient (Wildman–Crippen LogP) is 2.88. The van der Waals surface area contributed by atoms with Crippen LogP contribution in [-0.4, -0.2) is 39.3 Å². The maximum atomic E-state index is 10.9. The third-order valence-corrected chi connectivity index (χ3v) is 3.39. The number of carbonyl (C=O) groups excluding carboxylic acids is 1. The van der Waals surface area contributed by atoms with Gasteiger partial charge in [-0.25, -0.2) is 0 Å². The van der Waals surface area contributed by atoms with E-state index in [0.29, 0.717) is 0 Å². The second-order valence-corrected chi connectivity index (χ2v) is 5.60. The number of unbranched alkanes of at least 4 members (excludes halogenated alkanes) is 7. The van der Waals surface area contributed by atoms with Crippen LogP contribution in [0.5, 0.6) is 0 Å². The normalized spacial score (nSPS) is 12.8. The Balaban J connectivity index is 0.00000108. The summed E-state index contributed by atoms with van der Waals surface area (Å²) in [6.07, 6.45) is 14.8. The smallest absolute Gasteiger partial charge is 0.291 e. The number of nitrogens with one attached hydrogen (secondary N) is 1. The maximum Gasteiger partial charge on any atom is 0.291 e. The fraction of sp³-hybridized carbons (Fsp3) is 0.800. The average molecular weight is 330 g/mol. The summed E-state index contributed by atoms with van der Waals surface area (Å²) >= 11 is 0. The molecule has 0 aromatic heterocycles. The van der Waals surface area contributed by atoms with Crippen LogP contribution in [0, 0.1) is 10.1 Å². The molecule has 0 atom stereocenters. The molecule has 23 heavy (non-hydrogen) atoms. The van der Waals surface area contributed by atoms with Gasteiger partial charge in [-0.3, -0.25) is 15.2 Å². The van der Waals surface area contributed by atoms with Crippen molar-refractivity contribution in [2.45, 2.75) is 65.2 Å². The second-order valence-electron chi connectivity index (χ2n) is 5.60. The molecule has 0 radical (unpaired) electrons. The lowest BCUT2D eigenvalue weighted by Crippen LogP contribution is -2.39. The minimum Gasteiger partial charge on any atom is -0.357 e. The summed E-state index contributed by atoms with van der Waals surface area (Å²) in [5.41, 5.74) is 2.77. The Morgan fingerprint density at radius 2 is 1.70 bits per heavy atom. The fourth-order valence-electron chi connectivity index (χ4n) is 2.33. The van der Waals surface area contributed by atoms with E-state index in [0.717, 1.165) is 13.2 Å². The minimum atomic E-state index is -1.50. The highest BCUT2D eigenvalue weighted by atomic mass is 16.9. The molecule has 0 aromatic carbocycles. The van der Waals surface area contributed by atoms with Gasteiger partial charge in [0, 0.05) is 25.9 Å². The van der Waals surface area contributed by atoms with E-state index in [4.69, 9.17) is 15.3 Å². The van der Waals surface area contributed by atoms with Gasteiger partial charge < -0.3 is 10.1 Å². The molecule has 2 N–H and O–H groups in total. The van der Waals surface area contributed by atoms with E-state index in [-0.39, 0.29) is 5.91 Å². The third kappa shape index (κ3) is 14.7. The molecule has 0 saturated heterocycles. The van der Waals surface area contributed by atoms with E-state index >= 15 is 0 Å². The zero-order chi connectivity index (χ0) is 17.5. The van der Waals surface area contributed by atoms with Crippen molar-refractivity contribution in [3.8, 4) is 0 Å². The molecule has 1 aliphatic rings. The summed E-state index contributed by atoms with van der Waals surface area (Å²) in [7, 11) is 0. The monoisotopic (exact) mass is 330 g/mol. The van der Waals surface area contributed by atoms with Crippen LogP contribution in [0.1, 0.15) is 65.2 Å². The van der Waals surface area contributed by atoms with Gasteiger partial charge in [0.25, 0.3) is 5.09 Å². The topological polar surface area (TPSA) is 99.0 Å². The van der Waals surface area contributed by atoms with Gasteiger partial charge in [0.05, 0.1) is 0 Å². The lowest BCUT2D eigenvalue weighted by atomic mass is 10.1. The van der Waals surface area contributed by atoms with E-state index in [2.05, 4.69) is 23.4 Å². The summed E-state index contributed by atoms with van der Waals surface area (Å²) in [4.78, 5) is 21.5. The van der Waals surface area contributed by atoms with Crippen molar-refractivity contribution in [2.24, 2.45) is 0 Å². The second kappa shape index (κ2) is 13.7. The van der Waals surface area contributed by atoms with Crippen molar-refractivity contribution in [1.82, 2.24) is 15.3 Å². The Morgan fingerprint density at radius 3 is 2.22 bits per heavy atom. The lowest BCUT2D eigenvalue weighted by molar-refractivity contribution is -0.742. The average Bonchev–Trinajstić information content (AvgIpc) is 2.88. The summed E-state index contributed by atoms with van der Waals surface area (Å²) in [6, 6.07) is 0. The van der Waals surface area contributed by atoms with Crippen LogP contribution in [0.3, 0.4) is 0 Å². The molecular formula is C15H30N4O4. The van der Waals surface area contributed by atoms with Gasteiger partial charge in [-0.1, -0.05) is 51.9 Å². The summed E-state index contributed by atoms with van der Waals surface area (Å²) in [5.74, 6) is -0.0152. The number of nitrogens with zero attached hydrogens (tertiary/aromatic N) is 3. The van der Waals surface area contributed by atoms with Gasteiger partial charge in [-0.05, 0) is 6.42 Å². The number of hydrazine groups is 1. The van der Waals surface area contributed by atoms with E-state index in [1.807, 2.05) is 11.2 Å². The Bertz CT molecular complexity index is 359. The standard InChI is InChI=1S/C15H29N3O.HNO3/c1-3-4-5-6-7-8-9-10-11-17-12-13-18(14-17)16-15(2)19;2-1(3)4/h12-13H,3-11,14H2,1-2H3,(H,16,19);(H,2,3,4). The number of rotatable bonds is 10. The van der Waals surface area contributed by atoms with Crippen molar-refractivity contribution < 1.29 is 15.1 Å². The molecule has 1 rings (SSSR count). The van der Waals surface area contributed by atoms with E-state index in [1.165, 1.54) is 58.3 Å². The van der Waals surface area contributed by atoms with Crippen molar-refractivity contribution in [1.29, 1.82) is 0 Å². The van der Waals surface area contributed by atoms with Gasteiger partial charge in [-0.15, -0.1) is 10.1 Å². The first kappa shape index (κ1) is 21.0. The van der Waals surface area contributed by atoms with Crippen LogP contribution in [-0.2, 0) is 4.79 Å². The molecule has 0 spiro atoms. The molecule has 0 bridgehead atoms. The molecule has 0 aromatic rings. The number of hydrogen-bond donors (Lipinski definition) is 2. The van der Waals surface area contributed by atoms with Gasteiger partial charge in [-0.2, -0.15) is 0 Å². The molecule has 8 nitrogen and oxygen atoms in total. The Kier molecular flexibility index (Phi) is 12.5. The molecule has 1 amide bonds. The highest BCUT2D eigenvalue weighted by Gasteiger charge is 2.11. The number of amides is 1. The highest BCUT2D eigenvalue weighted by molar-refractivity contribution is 5.72. The first-order valence-electron chi connectivity index (χ1n) is 8.25. The lowest BCUT2D eigenvalue weighted by Gasteiger charge is -2.21. The van der Waals surface area contributed by atoms with E-state index < -0.39 is 5.09 Å². The SMILES string of the molecule is CCCCCCCCCCN1C=CN(NC(C)=O)C1.O=[N+]([O-])O. The first-order valence-corrected chi connectivity index (χ1v) is 8.25. The van der Waals surface area contributed by atoms with Crippen molar-refractivity contribution in [2.75, 3.05) is 13.2 Å². The van der Waals surface area contributed by atoms with Crippen LogP contribution < -0.4 is 5.43 Å². The molecule has 0 saturated carbocycles. The van der Waals surface area contributed by atoms with Crippen LogP contribution in [0.25, 0.3) is 0 Å². The van der Waals surface area contributed by atoms with Gasteiger partial charge in [0.1, 0.15) is 6.67 Å². The first-order chi connectivity index (χ1) is 11.0. The molecule has 8 heteroatoms. The predicted molar refractivity (Wildman–Crippen MR) is 87.8 cm³/mol. The molecule has 134 valence electrons. The van der Waals surface area contributed by atoms with Gasteiger partial charge >= 0.3 is 0 Å². The van der Waals surface area contributed by atoms with Crippen molar-refractivity contribution in [3.63, 3.8) is 0 Å². The largest absolute Gasteiger partial charge is 0.357 e. The van der Waals surface area contributed by atoms with Crippen molar-refractivity contribution in [3.05, 3.63) is 22.5 Å². The van der Waals surface area contributed by atoms with Crippen LogP contribution in [0.2, 0.25) is 0 Å². The number of hydrogen-bond acceptors (Lipinski definition) is 5. The maximum absolute atomic E-state index is 10.9. The molecule has 0 aliphatic carbocycles. The summed E-state index contributed by atoms with van der Waals surface area (Å²) in [5, 5.41) is 15.5.